The van der Waals surface area contributed by atoms with Gasteiger partial charge in [0.1, 0.15) is 0 Å². The van der Waals surface area contributed by atoms with Crippen molar-refractivity contribution in [1.82, 2.24) is 9.97 Å². The van der Waals surface area contributed by atoms with E-state index < -0.39 is 5.97 Å². The van der Waals surface area contributed by atoms with Crippen LogP contribution >= 0.6 is 0 Å². The summed E-state index contributed by atoms with van der Waals surface area (Å²) in [6.07, 6.45) is 1.46. The first-order valence-corrected chi connectivity index (χ1v) is 4.81. The van der Waals surface area contributed by atoms with Gasteiger partial charge in [0.15, 0.2) is 11.5 Å². The van der Waals surface area contributed by atoms with Crippen LogP contribution in [0.3, 0.4) is 0 Å². The number of rotatable bonds is 2. The molecule has 0 amide bonds. The van der Waals surface area contributed by atoms with E-state index in [-0.39, 0.29) is 5.69 Å². The van der Waals surface area contributed by atoms with Crippen molar-refractivity contribution in [3.8, 4) is 11.4 Å². The largest absolute Gasteiger partial charge is 0.477 e. The Bertz CT molecular complexity index is 538. The first-order chi connectivity index (χ1) is 7.68. The van der Waals surface area contributed by atoms with Crippen LogP contribution in [0, 0.1) is 6.92 Å². The molecule has 0 spiro atoms. The minimum atomic E-state index is -1.04. The zero-order valence-corrected chi connectivity index (χ0v) is 8.71. The minimum Gasteiger partial charge on any atom is -0.477 e. The third-order valence-corrected chi connectivity index (χ3v) is 2.26. The zero-order chi connectivity index (χ0) is 11.5. The molecular formula is C12H10N2O2. The Morgan fingerprint density at radius 3 is 2.69 bits per heavy atom. The number of nitrogens with zero attached hydrogens (tertiary/aromatic N) is 2. The highest BCUT2D eigenvalue weighted by atomic mass is 16.4. The Balaban J connectivity index is 2.53. The number of carboxylic acids is 1. The van der Waals surface area contributed by atoms with Crippen molar-refractivity contribution in [3.63, 3.8) is 0 Å². The molecule has 0 radical (unpaired) electrons. The predicted octanol–water partition coefficient (Wildman–Crippen LogP) is 2.15. The first kappa shape index (κ1) is 10.3. The van der Waals surface area contributed by atoms with Gasteiger partial charge in [-0.2, -0.15) is 0 Å². The van der Waals surface area contributed by atoms with E-state index in [1.807, 2.05) is 31.2 Å². The highest BCUT2D eigenvalue weighted by molar-refractivity contribution is 5.85. The third-order valence-electron chi connectivity index (χ3n) is 2.26. The van der Waals surface area contributed by atoms with Gasteiger partial charge in [-0.05, 0) is 18.6 Å². The smallest absolute Gasteiger partial charge is 0.354 e. The maximum Gasteiger partial charge on any atom is 0.354 e. The maximum atomic E-state index is 10.8. The number of carboxylic acid groups (broad SMARTS) is 1. The maximum absolute atomic E-state index is 10.8. The second-order valence-electron chi connectivity index (χ2n) is 3.39. The molecule has 0 saturated heterocycles. The van der Waals surface area contributed by atoms with Gasteiger partial charge in [-0.25, -0.2) is 14.8 Å². The SMILES string of the molecule is Cc1ccccc1-c1nccc(C(=O)O)n1. The number of hydrogen-bond acceptors (Lipinski definition) is 3. The van der Waals surface area contributed by atoms with Crippen molar-refractivity contribution < 1.29 is 9.90 Å². The van der Waals surface area contributed by atoms with Crippen LogP contribution in [-0.4, -0.2) is 21.0 Å². The normalized spacial score (nSPS) is 10.1. The Hall–Kier alpha value is -2.23. The molecule has 16 heavy (non-hydrogen) atoms. The number of benzene rings is 1. The average Bonchev–Trinajstić information content (AvgIpc) is 2.30. The van der Waals surface area contributed by atoms with E-state index in [4.69, 9.17) is 5.11 Å². The van der Waals surface area contributed by atoms with Crippen LogP contribution in [0.25, 0.3) is 11.4 Å². The van der Waals surface area contributed by atoms with Crippen molar-refractivity contribution in [3.05, 3.63) is 47.8 Å². The van der Waals surface area contributed by atoms with Crippen molar-refractivity contribution in [2.24, 2.45) is 0 Å². The summed E-state index contributed by atoms with van der Waals surface area (Å²) in [5.41, 5.74) is 1.88. The fraction of sp³-hybridized carbons (Fsp3) is 0.0833. The zero-order valence-electron chi connectivity index (χ0n) is 8.71. The van der Waals surface area contributed by atoms with E-state index in [1.54, 1.807) is 0 Å². The molecule has 0 aliphatic heterocycles. The van der Waals surface area contributed by atoms with Gasteiger partial charge in [0, 0.05) is 11.8 Å². The summed E-state index contributed by atoms with van der Waals surface area (Å²) in [5, 5.41) is 8.84. The predicted molar refractivity (Wildman–Crippen MR) is 59.2 cm³/mol. The first-order valence-electron chi connectivity index (χ1n) is 4.81. The number of aromatic carboxylic acids is 1. The van der Waals surface area contributed by atoms with E-state index in [9.17, 15) is 4.79 Å². The molecule has 0 fully saturated rings. The lowest BCUT2D eigenvalue weighted by molar-refractivity contribution is 0.0690. The molecule has 0 aliphatic rings. The van der Waals surface area contributed by atoms with Crippen LogP contribution in [0.5, 0.6) is 0 Å². The molecule has 4 nitrogen and oxygen atoms in total. The van der Waals surface area contributed by atoms with Gasteiger partial charge in [0.25, 0.3) is 0 Å². The third kappa shape index (κ3) is 1.91. The van der Waals surface area contributed by atoms with Crippen molar-refractivity contribution in [2.75, 3.05) is 0 Å². The van der Waals surface area contributed by atoms with Gasteiger partial charge in [0.05, 0.1) is 0 Å². The standard InChI is InChI=1S/C12H10N2O2/c1-8-4-2-3-5-9(8)11-13-7-6-10(14-11)12(15)16/h2-7H,1H3,(H,15,16). The Morgan fingerprint density at radius 1 is 1.25 bits per heavy atom. The van der Waals surface area contributed by atoms with Crippen LogP contribution in [0.4, 0.5) is 0 Å². The monoisotopic (exact) mass is 214 g/mol. The van der Waals surface area contributed by atoms with Gasteiger partial charge in [-0.3, -0.25) is 0 Å². The second-order valence-corrected chi connectivity index (χ2v) is 3.39. The Morgan fingerprint density at radius 2 is 2.00 bits per heavy atom. The lowest BCUT2D eigenvalue weighted by Gasteiger charge is -2.03. The van der Waals surface area contributed by atoms with E-state index in [0.29, 0.717) is 5.82 Å². The van der Waals surface area contributed by atoms with Gasteiger partial charge in [-0.1, -0.05) is 24.3 Å². The number of carbonyl (C=O) groups is 1. The molecule has 0 saturated carbocycles. The molecule has 0 unspecified atom stereocenters. The molecule has 80 valence electrons. The van der Waals surface area contributed by atoms with E-state index in [2.05, 4.69) is 9.97 Å². The summed E-state index contributed by atoms with van der Waals surface area (Å²) in [4.78, 5) is 18.9. The number of aryl methyl sites for hydroxylation is 1. The highest BCUT2D eigenvalue weighted by Gasteiger charge is 2.08. The molecule has 0 bridgehead atoms. The van der Waals surface area contributed by atoms with Crippen LogP contribution < -0.4 is 0 Å². The van der Waals surface area contributed by atoms with Crippen molar-refractivity contribution >= 4 is 5.97 Å². The molecule has 1 aromatic carbocycles. The molecule has 0 aliphatic carbocycles. The molecule has 2 aromatic rings. The fourth-order valence-corrected chi connectivity index (χ4v) is 1.43. The number of hydrogen-bond donors (Lipinski definition) is 1. The molecule has 0 atom stereocenters. The molecular weight excluding hydrogens is 204 g/mol. The minimum absolute atomic E-state index is 0.00764. The average molecular weight is 214 g/mol. The quantitative estimate of drug-likeness (QED) is 0.831. The Labute approximate surface area is 92.6 Å². The summed E-state index contributed by atoms with van der Waals surface area (Å²) in [7, 11) is 0. The molecule has 2 rings (SSSR count). The summed E-state index contributed by atoms with van der Waals surface area (Å²) in [6.45, 7) is 1.94. The van der Waals surface area contributed by atoms with Gasteiger partial charge in [-0.15, -0.1) is 0 Å². The molecule has 1 N–H and O–H groups in total. The molecule has 1 heterocycles. The summed E-state index contributed by atoms with van der Waals surface area (Å²) < 4.78 is 0. The summed E-state index contributed by atoms with van der Waals surface area (Å²) in [5.74, 6) is -0.602. The second kappa shape index (κ2) is 4.10. The van der Waals surface area contributed by atoms with Gasteiger partial charge < -0.3 is 5.11 Å². The van der Waals surface area contributed by atoms with Crippen LogP contribution in [-0.2, 0) is 0 Å². The lowest BCUT2D eigenvalue weighted by Crippen LogP contribution is -2.02. The molecule has 4 heteroatoms. The Kier molecular flexibility index (Phi) is 2.64. The summed E-state index contributed by atoms with van der Waals surface area (Å²) >= 11 is 0. The van der Waals surface area contributed by atoms with Crippen LogP contribution in [0.15, 0.2) is 36.5 Å². The van der Waals surface area contributed by atoms with E-state index >= 15 is 0 Å². The van der Waals surface area contributed by atoms with Crippen molar-refractivity contribution in [2.45, 2.75) is 6.92 Å². The number of aromatic nitrogens is 2. The molecule has 1 aromatic heterocycles. The van der Waals surface area contributed by atoms with E-state index in [0.717, 1.165) is 11.1 Å². The van der Waals surface area contributed by atoms with E-state index in [1.165, 1.54) is 12.3 Å². The van der Waals surface area contributed by atoms with Crippen molar-refractivity contribution in [1.29, 1.82) is 0 Å². The van der Waals surface area contributed by atoms with Crippen LogP contribution in [0.1, 0.15) is 16.1 Å². The lowest BCUT2D eigenvalue weighted by atomic mass is 10.1. The topological polar surface area (TPSA) is 63.1 Å². The fourth-order valence-electron chi connectivity index (χ4n) is 1.43. The highest BCUT2D eigenvalue weighted by Crippen LogP contribution is 2.18. The summed E-state index contributed by atoms with van der Waals surface area (Å²) in [6, 6.07) is 8.98. The van der Waals surface area contributed by atoms with Gasteiger partial charge >= 0.3 is 5.97 Å². The van der Waals surface area contributed by atoms with Gasteiger partial charge in [0.2, 0.25) is 0 Å². The van der Waals surface area contributed by atoms with Crippen LogP contribution in [0.2, 0.25) is 0 Å².